The van der Waals surface area contributed by atoms with Gasteiger partial charge in [-0.3, -0.25) is 0 Å². The van der Waals surface area contributed by atoms with Gasteiger partial charge in [-0.1, -0.05) is 19.0 Å². The molecule has 0 amide bonds. The number of aromatic nitrogens is 2. The van der Waals surface area contributed by atoms with Crippen molar-refractivity contribution in [2.75, 3.05) is 0 Å². The van der Waals surface area contributed by atoms with E-state index in [0.717, 1.165) is 6.07 Å². The Balaban J connectivity index is 2.21. The molecular formula is C14H17F2N3O. The molecule has 0 radical (unpaired) electrons. The number of benzene rings is 1. The molecule has 2 N–H and O–H groups in total. The molecule has 4 nitrogen and oxygen atoms in total. The predicted molar refractivity (Wildman–Crippen MR) is 69.9 cm³/mol. The smallest absolute Gasteiger partial charge is 0.246 e. The highest BCUT2D eigenvalue weighted by molar-refractivity contribution is 5.21. The van der Waals surface area contributed by atoms with Crippen molar-refractivity contribution >= 4 is 0 Å². The monoisotopic (exact) mass is 281 g/mol. The molecule has 1 aromatic heterocycles. The van der Waals surface area contributed by atoms with Crippen molar-refractivity contribution in [2.45, 2.75) is 38.6 Å². The molecule has 0 bridgehead atoms. The number of hydrogen-bond donors (Lipinski definition) is 1. The van der Waals surface area contributed by atoms with Crippen molar-refractivity contribution in [3.05, 3.63) is 47.1 Å². The van der Waals surface area contributed by atoms with Gasteiger partial charge in [0.2, 0.25) is 5.89 Å². The standard InChI is InChI=1S/C14H17F2N3O/c1-3-14(17,4-2)13-18-12(19-20-13)7-9-5-10(15)8-11(16)6-9/h5-6,8H,3-4,7,17H2,1-2H3. The fourth-order valence-electron chi connectivity index (χ4n) is 1.98. The summed E-state index contributed by atoms with van der Waals surface area (Å²) in [5, 5.41) is 3.82. The molecule has 20 heavy (non-hydrogen) atoms. The molecule has 2 aromatic rings. The minimum absolute atomic E-state index is 0.196. The van der Waals surface area contributed by atoms with Gasteiger partial charge < -0.3 is 10.3 Å². The van der Waals surface area contributed by atoms with Gasteiger partial charge in [-0.05, 0) is 30.5 Å². The molecule has 0 aliphatic carbocycles. The molecular weight excluding hydrogens is 264 g/mol. The maximum Gasteiger partial charge on any atom is 0.246 e. The Kier molecular flexibility index (Phi) is 4.13. The molecule has 1 aromatic carbocycles. The van der Waals surface area contributed by atoms with E-state index in [0.29, 0.717) is 30.1 Å². The Labute approximate surface area is 116 Å². The van der Waals surface area contributed by atoms with Crippen molar-refractivity contribution in [1.29, 1.82) is 0 Å². The maximum absolute atomic E-state index is 13.1. The van der Waals surface area contributed by atoms with Crippen LogP contribution in [0.4, 0.5) is 8.78 Å². The SMILES string of the molecule is CCC(N)(CC)c1nc(Cc2cc(F)cc(F)c2)no1. The van der Waals surface area contributed by atoms with Crippen molar-refractivity contribution < 1.29 is 13.3 Å². The van der Waals surface area contributed by atoms with Gasteiger partial charge in [0.05, 0.1) is 5.54 Å². The Morgan fingerprint density at radius 1 is 1.15 bits per heavy atom. The fourth-order valence-corrected chi connectivity index (χ4v) is 1.98. The molecule has 6 heteroatoms. The molecule has 0 fully saturated rings. The van der Waals surface area contributed by atoms with Crippen LogP contribution in [0.1, 0.15) is 44.0 Å². The average molecular weight is 281 g/mol. The first-order chi connectivity index (χ1) is 9.46. The van der Waals surface area contributed by atoms with Gasteiger partial charge in [-0.15, -0.1) is 0 Å². The number of hydrogen-bond acceptors (Lipinski definition) is 4. The second kappa shape index (κ2) is 5.66. The number of nitrogens with two attached hydrogens (primary N) is 1. The third kappa shape index (κ3) is 3.01. The van der Waals surface area contributed by atoms with Gasteiger partial charge in [0.15, 0.2) is 5.82 Å². The van der Waals surface area contributed by atoms with Crippen LogP contribution in [0.25, 0.3) is 0 Å². The quantitative estimate of drug-likeness (QED) is 0.915. The topological polar surface area (TPSA) is 64.9 Å². The Morgan fingerprint density at radius 2 is 1.75 bits per heavy atom. The third-order valence-electron chi connectivity index (χ3n) is 3.44. The minimum Gasteiger partial charge on any atom is -0.337 e. The van der Waals surface area contributed by atoms with Gasteiger partial charge in [-0.2, -0.15) is 4.98 Å². The summed E-state index contributed by atoms with van der Waals surface area (Å²) in [7, 11) is 0. The number of rotatable bonds is 5. The highest BCUT2D eigenvalue weighted by Gasteiger charge is 2.29. The lowest BCUT2D eigenvalue weighted by Crippen LogP contribution is -2.35. The minimum atomic E-state index is -0.654. The second-order valence-corrected chi connectivity index (χ2v) is 4.83. The van der Waals surface area contributed by atoms with Crippen LogP contribution in [-0.2, 0) is 12.0 Å². The lowest BCUT2D eigenvalue weighted by molar-refractivity contribution is 0.267. The van der Waals surface area contributed by atoms with Crippen molar-refractivity contribution in [3.8, 4) is 0 Å². The van der Waals surface area contributed by atoms with E-state index < -0.39 is 17.2 Å². The Bertz CT molecular complexity index is 574. The normalized spacial score (nSPS) is 11.8. The van der Waals surface area contributed by atoms with Crippen molar-refractivity contribution in [1.82, 2.24) is 10.1 Å². The van der Waals surface area contributed by atoms with E-state index in [-0.39, 0.29) is 6.42 Å². The first-order valence-corrected chi connectivity index (χ1v) is 6.53. The molecule has 0 saturated heterocycles. The molecule has 2 rings (SSSR count). The van der Waals surface area contributed by atoms with E-state index in [2.05, 4.69) is 10.1 Å². The summed E-state index contributed by atoms with van der Waals surface area (Å²) in [6.45, 7) is 3.88. The summed E-state index contributed by atoms with van der Waals surface area (Å²) < 4.78 is 31.4. The molecule has 108 valence electrons. The van der Waals surface area contributed by atoms with Crippen LogP contribution in [0.3, 0.4) is 0 Å². The highest BCUT2D eigenvalue weighted by atomic mass is 19.1. The van der Waals surface area contributed by atoms with E-state index >= 15 is 0 Å². The van der Waals surface area contributed by atoms with Crippen LogP contribution in [0.2, 0.25) is 0 Å². The van der Waals surface area contributed by atoms with E-state index in [4.69, 9.17) is 10.3 Å². The molecule has 0 unspecified atom stereocenters. The summed E-state index contributed by atoms with van der Waals surface area (Å²) in [4.78, 5) is 4.23. The molecule has 0 atom stereocenters. The van der Waals surface area contributed by atoms with Gasteiger partial charge in [0, 0.05) is 12.5 Å². The predicted octanol–water partition coefficient (Wildman–Crippen LogP) is 2.91. The molecule has 0 saturated carbocycles. The van der Waals surface area contributed by atoms with Gasteiger partial charge in [-0.25, -0.2) is 8.78 Å². The van der Waals surface area contributed by atoms with Gasteiger partial charge in [0.1, 0.15) is 11.6 Å². The van der Waals surface area contributed by atoms with Crippen molar-refractivity contribution in [3.63, 3.8) is 0 Å². The maximum atomic E-state index is 13.1. The lowest BCUT2D eigenvalue weighted by Gasteiger charge is -2.20. The summed E-state index contributed by atoms with van der Waals surface area (Å²) in [5.74, 6) is -0.533. The third-order valence-corrected chi connectivity index (χ3v) is 3.44. The summed E-state index contributed by atoms with van der Waals surface area (Å²) in [5.41, 5.74) is 5.95. The molecule has 0 spiro atoms. The van der Waals surface area contributed by atoms with E-state index in [1.165, 1.54) is 12.1 Å². The van der Waals surface area contributed by atoms with E-state index in [9.17, 15) is 8.78 Å². The Morgan fingerprint density at radius 3 is 2.30 bits per heavy atom. The van der Waals surface area contributed by atoms with E-state index in [1.807, 2.05) is 13.8 Å². The van der Waals surface area contributed by atoms with Crippen LogP contribution >= 0.6 is 0 Å². The first-order valence-electron chi connectivity index (χ1n) is 6.53. The van der Waals surface area contributed by atoms with Crippen LogP contribution in [0.5, 0.6) is 0 Å². The summed E-state index contributed by atoms with van der Waals surface area (Å²) in [6.07, 6.45) is 1.53. The second-order valence-electron chi connectivity index (χ2n) is 4.83. The zero-order valence-electron chi connectivity index (χ0n) is 11.5. The number of halogens is 2. The zero-order chi connectivity index (χ0) is 14.8. The first kappa shape index (κ1) is 14.6. The van der Waals surface area contributed by atoms with Crippen LogP contribution in [-0.4, -0.2) is 10.1 Å². The Hall–Kier alpha value is -1.82. The van der Waals surface area contributed by atoms with Crippen LogP contribution in [0.15, 0.2) is 22.7 Å². The molecule has 0 aliphatic rings. The largest absolute Gasteiger partial charge is 0.337 e. The lowest BCUT2D eigenvalue weighted by atomic mass is 9.94. The van der Waals surface area contributed by atoms with Crippen LogP contribution < -0.4 is 5.73 Å². The zero-order valence-corrected chi connectivity index (χ0v) is 11.5. The average Bonchev–Trinajstić information content (AvgIpc) is 2.85. The number of nitrogens with zero attached hydrogens (tertiary/aromatic N) is 2. The van der Waals surface area contributed by atoms with Gasteiger partial charge in [0.25, 0.3) is 0 Å². The summed E-state index contributed by atoms with van der Waals surface area (Å²) >= 11 is 0. The molecule has 0 aliphatic heterocycles. The summed E-state index contributed by atoms with van der Waals surface area (Å²) in [6, 6.07) is 3.31. The van der Waals surface area contributed by atoms with Crippen LogP contribution in [0, 0.1) is 11.6 Å². The van der Waals surface area contributed by atoms with Gasteiger partial charge >= 0.3 is 0 Å². The highest BCUT2D eigenvalue weighted by Crippen LogP contribution is 2.24. The van der Waals surface area contributed by atoms with Crippen molar-refractivity contribution in [2.24, 2.45) is 5.73 Å². The van der Waals surface area contributed by atoms with E-state index in [1.54, 1.807) is 0 Å². The fraction of sp³-hybridized carbons (Fsp3) is 0.429. The molecule has 1 heterocycles.